The molecule has 2 aliphatic rings. The highest BCUT2D eigenvalue weighted by Crippen LogP contribution is 2.48. The van der Waals surface area contributed by atoms with Crippen LogP contribution in [0.2, 0.25) is 0 Å². The second kappa shape index (κ2) is 9.70. The fraction of sp³-hybridized carbons (Fsp3) is 0.231. The molecule has 198 valence electrons. The van der Waals surface area contributed by atoms with Crippen molar-refractivity contribution in [1.29, 1.82) is 5.26 Å². The Balaban J connectivity index is 1.44. The van der Waals surface area contributed by atoms with Crippen LogP contribution < -0.4 is 15.1 Å². The van der Waals surface area contributed by atoms with Crippen molar-refractivity contribution in [1.82, 2.24) is 15.3 Å². The van der Waals surface area contributed by atoms with E-state index in [-0.39, 0.29) is 34.3 Å². The summed E-state index contributed by atoms with van der Waals surface area (Å²) in [5, 5.41) is 11.5. The van der Waals surface area contributed by atoms with Crippen LogP contribution in [0.5, 0.6) is 0 Å². The first-order chi connectivity index (χ1) is 18.6. The molecule has 2 fully saturated rings. The van der Waals surface area contributed by atoms with Gasteiger partial charge in [0.25, 0.3) is 11.8 Å². The van der Waals surface area contributed by atoms with Crippen LogP contribution in [0.1, 0.15) is 46.6 Å². The first kappa shape index (κ1) is 26.2. The summed E-state index contributed by atoms with van der Waals surface area (Å²) in [4.78, 5) is 35.8. The summed E-state index contributed by atoms with van der Waals surface area (Å²) in [5.74, 6) is -1.70. The number of hydrogen-bond donors (Lipinski definition) is 1. The van der Waals surface area contributed by atoms with Crippen LogP contribution in [0.4, 0.5) is 28.9 Å². The van der Waals surface area contributed by atoms with Crippen LogP contribution >= 0.6 is 12.2 Å². The van der Waals surface area contributed by atoms with Crippen LogP contribution in [-0.4, -0.2) is 32.4 Å². The summed E-state index contributed by atoms with van der Waals surface area (Å²) in [6, 6.07) is 11.0. The summed E-state index contributed by atoms with van der Waals surface area (Å²) < 4.78 is 55.8. The van der Waals surface area contributed by atoms with Crippen molar-refractivity contribution in [3.8, 4) is 6.07 Å². The third-order valence-corrected chi connectivity index (χ3v) is 7.13. The number of benzene rings is 1. The van der Waals surface area contributed by atoms with Gasteiger partial charge in [0.1, 0.15) is 23.1 Å². The molecule has 1 spiro atoms. The summed E-state index contributed by atoms with van der Waals surface area (Å²) in [7, 11) is 0. The van der Waals surface area contributed by atoms with Gasteiger partial charge in [0.15, 0.2) is 10.8 Å². The molecule has 1 aliphatic carbocycles. The number of carbonyl (C=O) groups is 2. The fourth-order valence-electron chi connectivity index (χ4n) is 4.67. The Hall–Kier alpha value is -4.44. The molecule has 0 radical (unpaired) electrons. The van der Waals surface area contributed by atoms with Crippen molar-refractivity contribution in [3.63, 3.8) is 0 Å². The number of nitrogens with zero attached hydrogens (tertiary/aromatic N) is 5. The zero-order valence-electron chi connectivity index (χ0n) is 20.0. The maximum absolute atomic E-state index is 15.1. The number of anilines is 2. The molecule has 1 saturated carbocycles. The highest BCUT2D eigenvalue weighted by Gasteiger charge is 2.59. The second-order valence-electron chi connectivity index (χ2n) is 9.02. The van der Waals surface area contributed by atoms with E-state index in [9.17, 15) is 22.8 Å². The number of carbonyl (C=O) groups excluding carboxylic acids is 2. The predicted molar refractivity (Wildman–Crippen MR) is 135 cm³/mol. The normalized spacial score (nSPS) is 16.3. The van der Waals surface area contributed by atoms with Gasteiger partial charge in [0, 0.05) is 24.0 Å². The number of amides is 2. The number of aromatic nitrogens is 2. The average Bonchev–Trinajstić information content (AvgIpc) is 3.14. The van der Waals surface area contributed by atoms with E-state index in [0.717, 1.165) is 11.1 Å². The monoisotopic (exact) mass is 554 g/mol. The first-order valence-corrected chi connectivity index (χ1v) is 12.1. The van der Waals surface area contributed by atoms with Gasteiger partial charge in [-0.15, -0.1) is 0 Å². The van der Waals surface area contributed by atoms with Gasteiger partial charge in [-0.2, -0.15) is 18.4 Å². The second-order valence-corrected chi connectivity index (χ2v) is 9.38. The van der Waals surface area contributed by atoms with E-state index in [4.69, 9.17) is 17.5 Å². The Morgan fingerprint density at radius 1 is 1.15 bits per heavy atom. The summed E-state index contributed by atoms with van der Waals surface area (Å²) in [5.41, 5.74) is -2.94. The third-order valence-electron chi connectivity index (χ3n) is 6.77. The SMILES string of the molecule is N#Cc1ncc(N2C(=O)C3(CCC3)N(c3ccc(CNC(=O)c4ccccn4)c(F)c3)C2=S)cc1C(F)(F)F. The van der Waals surface area contributed by atoms with Crippen molar-refractivity contribution >= 4 is 40.5 Å². The van der Waals surface area contributed by atoms with Gasteiger partial charge in [0.05, 0.1) is 17.4 Å². The molecule has 8 nitrogen and oxygen atoms in total. The topological polar surface area (TPSA) is 102 Å². The van der Waals surface area contributed by atoms with Crippen molar-refractivity contribution in [2.24, 2.45) is 0 Å². The molecular formula is C26H18F4N6O2S. The van der Waals surface area contributed by atoms with E-state index in [1.807, 2.05) is 0 Å². The minimum absolute atomic E-state index is 0.126. The maximum Gasteiger partial charge on any atom is 0.419 e. The van der Waals surface area contributed by atoms with Crippen molar-refractivity contribution < 1.29 is 27.2 Å². The van der Waals surface area contributed by atoms with E-state index in [0.29, 0.717) is 25.3 Å². The van der Waals surface area contributed by atoms with Gasteiger partial charge in [-0.3, -0.25) is 19.5 Å². The lowest BCUT2D eigenvalue weighted by molar-refractivity contribution is -0.138. The minimum Gasteiger partial charge on any atom is -0.347 e. The quantitative estimate of drug-likeness (QED) is 0.366. The standard InChI is InChI=1S/C26H18F4N6O2S/c27-19-11-16(6-5-15(19)13-34-22(37)20-4-1-2-9-32-20)36-24(39)35(23(38)25(36)7-3-8-25)17-10-18(26(28,29)30)21(12-31)33-14-17/h1-2,4-6,9-11,14H,3,7-8,13H2,(H,34,37). The number of alkyl halides is 3. The number of hydrogen-bond acceptors (Lipinski definition) is 6. The molecule has 2 amide bonds. The van der Waals surface area contributed by atoms with Crippen LogP contribution in [-0.2, 0) is 17.5 Å². The van der Waals surface area contributed by atoms with Gasteiger partial charge in [-0.1, -0.05) is 12.1 Å². The van der Waals surface area contributed by atoms with Gasteiger partial charge < -0.3 is 10.2 Å². The molecular weight excluding hydrogens is 536 g/mol. The zero-order valence-corrected chi connectivity index (χ0v) is 20.8. The molecule has 2 aromatic heterocycles. The Labute approximate surface area is 224 Å². The predicted octanol–water partition coefficient (Wildman–Crippen LogP) is 4.50. The van der Waals surface area contributed by atoms with E-state index >= 15 is 4.39 Å². The molecule has 1 N–H and O–H groups in total. The van der Waals surface area contributed by atoms with E-state index < -0.39 is 40.6 Å². The molecule has 1 saturated heterocycles. The maximum atomic E-state index is 15.1. The number of nitriles is 1. The number of pyridine rings is 2. The number of halogens is 4. The zero-order chi connectivity index (χ0) is 27.9. The van der Waals surface area contributed by atoms with Crippen LogP contribution in [0.25, 0.3) is 0 Å². The lowest BCUT2D eigenvalue weighted by Crippen LogP contribution is -2.55. The van der Waals surface area contributed by atoms with E-state index in [1.165, 1.54) is 41.4 Å². The van der Waals surface area contributed by atoms with Gasteiger partial charge in [-0.25, -0.2) is 9.37 Å². The van der Waals surface area contributed by atoms with E-state index in [2.05, 4.69) is 15.3 Å². The minimum atomic E-state index is -4.88. The molecule has 0 bridgehead atoms. The van der Waals surface area contributed by atoms with Crippen molar-refractivity contribution in [2.45, 2.75) is 37.5 Å². The van der Waals surface area contributed by atoms with Crippen LogP contribution in [0, 0.1) is 17.1 Å². The molecule has 5 rings (SSSR count). The van der Waals surface area contributed by atoms with Crippen molar-refractivity contribution in [3.05, 3.63) is 83.2 Å². The lowest BCUT2D eigenvalue weighted by Gasteiger charge is -2.43. The average molecular weight is 555 g/mol. The Bertz CT molecular complexity index is 1540. The van der Waals surface area contributed by atoms with Gasteiger partial charge >= 0.3 is 6.18 Å². The Morgan fingerprint density at radius 3 is 2.51 bits per heavy atom. The molecule has 1 aliphatic heterocycles. The van der Waals surface area contributed by atoms with E-state index in [1.54, 1.807) is 12.1 Å². The van der Waals surface area contributed by atoms with Crippen LogP contribution in [0.15, 0.2) is 54.9 Å². The van der Waals surface area contributed by atoms with Crippen molar-refractivity contribution in [2.75, 3.05) is 9.80 Å². The molecule has 3 heterocycles. The molecule has 39 heavy (non-hydrogen) atoms. The lowest BCUT2D eigenvalue weighted by atomic mass is 9.75. The molecule has 0 atom stereocenters. The summed E-state index contributed by atoms with van der Waals surface area (Å²) in [6.07, 6.45) is -1.04. The molecule has 0 unspecified atom stereocenters. The Kier molecular flexibility index (Phi) is 6.51. The highest BCUT2D eigenvalue weighted by atomic mass is 32.1. The Morgan fingerprint density at radius 2 is 1.92 bits per heavy atom. The number of thiocarbonyl (C=S) groups is 1. The smallest absolute Gasteiger partial charge is 0.347 e. The summed E-state index contributed by atoms with van der Waals surface area (Å²) >= 11 is 5.54. The molecule has 3 aromatic rings. The van der Waals surface area contributed by atoms with Gasteiger partial charge in [-0.05, 0) is 61.8 Å². The van der Waals surface area contributed by atoms with Gasteiger partial charge in [0.2, 0.25) is 0 Å². The molecule has 1 aromatic carbocycles. The highest BCUT2D eigenvalue weighted by molar-refractivity contribution is 7.81. The third kappa shape index (κ3) is 4.46. The first-order valence-electron chi connectivity index (χ1n) is 11.7. The number of nitrogens with one attached hydrogen (secondary N) is 1. The summed E-state index contributed by atoms with van der Waals surface area (Å²) in [6.45, 7) is -0.126. The largest absolute Gasteiger partial charge is 0.419 e. The fourth-order valence-corrected chi connectivity index (χ4v) is 5.14. The molecule has 13 heteroatoms. The van der Waals surface area contributed by atoms with Crippen LogP contribution in [0.3, 0.4) is 0 Å². The number of rotatable bonds is 5.